The highest BCUT2D eigenvalue weighted by Crippen LogP contribution is 2.36. The van der Waals surface area contributed by atoms with Crippen LogP contribution in [0.5, 0.6) is 0 Å². The van der Waals surface area contributed by atoms with Gasteiger partial charge in [0.15, 0.2) is 0 Å². The molecule has 0 bridgehead atoms. The Morgan fingerprint density at radius 1 is 1.25 bits per heavy atom. The van der Waals surface area contributed by atoms with Gasteiger partial charge in [-0.25, -0.2) is 0 Å². The Bertz CT molecular complexity index is 699. The minimum absolute atomic E-state index is 0.0797. The number of nitrogens with zero attached hydrogens (tertiary/aromatic N) is 1. The summed E-state index contributed by atoms with van der Waals surface area (Å²) in [5.74, 6) is 0.0797. The molecular weight excluding hydrogens is 320 g/mol. The van der Waals surface area contributed by atoms with Crippen LogP contribution in [-0.2, 0) is 17.6 Å². The first kappa shape index (κ1) is 15.9. The van der Waals surface area contributed by atoms with Gasteiger partial charge in [-0.3, -0.25) is 4.79 Å². The Balaban J connectivity index is 1.54. The molecule has 1 N–H and O–H groups in total. The second kappa shape index (κ2) is 7.11. The van der Waals surface area contributed by atoms with Gasteiger partial charge in [0.05, 0.1) is 11.7 Å². The second-order valence-electron chi connectivity index (χ2n) is 6.66. The highest BCUT2D eigenvalue weighted by molar-refractivity contribution is 7.15. The predicted molar refractivity (Wildman–Crippen MR) is 96.2 cm³/mol. The summed E-state index contributed by atoms with van der Waals surface area (Å²) in [6.07, 6.45) is 12.1. The molecule has 1 saturated heterocycles. The van der Waals surface area contributed by atoms with Crippen molar-refractivity contribution in [2.45, 2.75) is 51.0 Å². The minimum atomic E-state index is 0.0797. The third kappa shape index (κ3) is 3.15. The highest BCUT2D eigenvalue weighted by Gasteiger charge is 2.26. The van der Waals surface area contributed by atoms with Crippen molar-refractivity contribution < 1.29 is 9.53 Å². The monoisotopic (exact) mass is 344 g/mol. The molecule has 3 heterocycles. The lowest BCUT2D eigenvalue weighted by molar-refractivity contribution is 0.0906. The number of aryl methyl sites for hydroxylation is 1. The maximum absolute atomic E-state index is 12.9. The number of fused-ring (bicyclic) bond motifs is 1. The Morgan fingerprint density at radius 2 is 2.08 bits per heavy atom. The van der Waals surface area contributed by atoms with Crippen LogP contribution in [0.15, 0.2) is 24.5 Å². The first-order valence-electron chi connectivity index (χ1n) is 9.00. The summed E-state index contributed by atoms with van der Waals surface area (Å²) in [4.78, 5) is 14.3. The van der Waals surface area contributed by atoms with Crippen LogP contribution in [0.2, 0.25) is 0 Å². The second-order valence-corrected chi connectivity index (χ2v) is 7.74. The molecule has 1 amide bonds. The lowest BCUT2D eigenvalue weighted by Gasteiger charge is -2.14. The molecule has 24 heavy (non-hydrogen) atoms. The molecule has 2 aliphatic rings. The minimum Gasteiger partial charge on any atom is -0.378 e. The van der Waals surface area contributed by atoms with Gasteiger partial charge in [0.25, 0.3) is 5.91 Å². The number of ether oxygens (including phenoxy) is 1. The van der Waals surface area contributed by atoms with Gasteiger partial charge in [-0.2, -0.15) is 0 Å². The summed E-state index contributed by atoms with van der Waals surface area (Å²) in [6.45, 7) is 1.56. The summed E-state index contributed by atoms with van der Waals surface area (Å²) in [7, 11) is 0. The summed E-state index contributed by atoms with van der Waals surface area (Å²) < 4.78 is 7.73. The van der Waals surface area contributed by atoms with Crippen molar-refractivity contribution in [3.05, 3.63) is 40.5 Å². The van der Waals surface area contributed by atoms with Crippen LogP contribution >= 0.6 is 11.3 Å². The van der Waals surface area contributed by atoms with E-state index >= 15 is 0 Å². The molecule has 2 aromatic rings. The van der Waals surface area contributed by atoms with Gasteiger partial charge >= 0.3 is 0 Å². The number of aromatic nitrogens is 1. The molecule has 1 fully saturated rings. The van der Waals surface area contributed by atoms with E-state index in [2.05, 4.69) is 9.88 Å². The van der Waals surface area contributed by atoms with Gasteiger partial charge < -0.3 is 14.6 Å². The fourth-order valence-corrected chi connectivity index (χ4v) is 5.10. The summed E-state index contributed by atoms with van der Waals surface area (Å²) in [6, 6.07) is 4.02. The average Bonchev–Trinajstić information content (AvgIpc) is 3.34. The van der Waals surface area contributed by atoms with Crippen LogP contribution in [0.1, 0.15) is 52.9 Å². The van der Waals surface area contributed by atoms with Gasteiger partial charge in [-0.1, -0.05) is 0 Å². The maximum atomic E-state index is 12.9. The molecule has 0 saturated carbocycles. The van der Waals surface area contributed by atoms with Crippen molar-refractivity contribution >= 4 is 17.2 Å². The fraction of sp³-hybridized carbons (Fsp3) is 0.526. The summed E-state index contributed by atoms with van der Waals surface area (Å²) >= 11 is 1.78. The smallest absolute Gasteiger partial charge is 0.254 e. The molecule has 1 aliphatic carbocycles. The molecule has 4 nitrogen and oxygen atoms in total. The van der Waals surface area contributed by atoms with Crippen molar-refractivity contribution in [1.82, 2.24) is 9.88 Å². The number of carbonyl (C=O) groups is 1. The third-order valence-electron chi connectivity index (χ3n) is 4.99. The Hall–Kier alpha value is -1.59. The molecular formula is C19H24N2O2S. The van der Waals surface area contributed by atoms with E-state index in [0.29, 0.717) is 12.6 Å². The standard InChI is InChI=1S/C19H24N2O2S/c22-18(20-10-9-14-6-5-13-23-14)17-15-7-1-2-8-16(15)24-19(17)21-11-3-4-12-21/h3-4,11-12,14H,1-2,5-10,13H2,(H,20,22). The fourth-order valence-electron chi connectivity index (χ4n) is 3.74. The van der Waals surface area contributed by atoms with Crippen molar-refractivity contribution in [2.75, 3.05) is 13.2 Å². The SMILES string of the molecule is O=C(NCCC1CCCO1)c1c(-n2cccc2)sc2c1CCCC2. The lowest BCUT2D eigenvalue weighted by Crippen LogP contribution is -2.28. The van der Waals surface area contributed by atoms with Crippen LogP contribution in [0.4, 0.5) is 0 Å². The molecule has 5 heteroatoms. The van der Waals surface area contributed by atoms with E-state index in [4.69, 9.17) is 4.74 Å². The zero-order chi connectivity index (χ0) is 16.4. The molecule has 1 unspecified atom stereocenters. The van der Waals surface area contributed by atoms with Gasteiger partial charge in [0.2, 0.25) is 0 Å². The van der Waals surface area contributed by atoms with E-state index in [0.717, 1.165) is 49.3 Å². The van der Waals surface area contributed by atoms with Crippen LogP contribution in [0.3, 0.4) is 0 Å². The molecule has 0 aromatic carbocycles. The number of nitrogens with one attached hydrogen (secondary N) is 1. The van der Waals surface area contributed by atoms with Crippen LogP contribution in [-0.4, -0.2) is 29.7 Å². The molecule has 1 aliphatic heterocycles. The van der Waals surface area contributed by atoms with Crippen LogP contribution in [0.25, 0.3) is 5.00 Å². The van der Waals surface area contributed by atoms with E-state index in [-0.39, 0.29) is 5.91 Å². The van der Waals surface area contributed by atoms with Crippen molar-refractivity contribution in [3.63, 3.8) is 0 Å². The first-order valence-corrected chi connectivity index (χ1v) is 9.82. The summed E-state index contributed by atoms with van der Waals surface area (Å²) in [5.41, 5.74) is 2.18. The van der Waals surface area contributed by atoms with Gasteiger partial charge in [-0.05, 0) is 62.6 Å². The van der Waals surface area contributed by atoms with Crippen molar-refractivity contribution in [3.8, 4) is 5.00 Å². The Labute approximate surface area is 146 Å². The quantitative estimate of drug-likeness (QED) is 0.898. The summed E-state index contributed by atoms with van der Waals surface area (Å²) in [5, 5.41) is 4.21. The Kier molecular flexibility index (Phi) is 4.72. The number of thiophene rings is 1. The van der Waals surface area contributed by atoms with E-state index in [1.807, 2.05) is 24.5 Å². The largest absolute Gasteiger partial charge is 0.378 e. The van der Waals surface area contributed by atoms with Gasteiger partial charge in [-0.15, -0.1) is 11.3 Å². The molecule has 128 valence electrons. The number of hydrogen-bond donors (Lipinski definition) is 1. The molecule has 1 atom stereocenters. The topological polar surface area (TPSA) is 43.3 Å². The number of hydrogen-bond acceptors (Lipinski definition) is 3. The van der Waals surface area contributed by atoms with E-state index in [9.17, 15) is 4.79 Å². The van der Waals surface area contributed by atoms with E-state index in [1.165, 1.54) is 23.3 Å². The third-order valence-corrected chi connectivity index (χ3v) is 6.30. The van der Waals surface area contributed by atoms with E-state index in [1.54, 1.807) is 11.3 Å². The number of carbonyl (C=O) groups excluding carboxylic acids is 1. The zero-order valence-corrected chi connectivity index (χ0v) is 14.7. The van der Waals surface area contributed by atoms with Crippen molar-refractivity contribution in [1.29, 1.82) is 0 Å². The zero-order valence-electron chi connectivity index (χ0n) is 13.9. The molecule has 2 aromatic heterocycles. The lowest BCUT2D eigenvalue weighted by atomic mass is 9.95. The molecule has 4 rings (SSSR count). The number of rotatable bonds is 5. The molecule has 0 spiro atoms. The number of amides is 1. The van der Waals surface area contributed by atoms with Crippen LogP contribution < -0.4 is 5.32 Å². The van der Waals surface area contributed by atoms with E-state index < -0.39 is 0 Å². The molecule has 0 radical (unpaired) electrons. The van der Waals surface area contributed by atoms with Gasteiger partial charge in [0, 0.05) is 30.4 Å². The highest BCUT2D eigenvalue weighted by atomic mass is 32.1. The van der Waals surface area contributed by atoms with Crippen molar-refractivity contribution in [2.24, 2.45) is 0 Å². The predicted octanol–water partition coefficient (Wildman–Crippen LogP) is 3.72. The first-order chi connectivity index (χ1) is 11.8. The van der Waals surface area contributed by atoms with Crippen LogP contribution in [0, 0.1) is 0 Å². The maximum Gasteiger partial charge on any atom is 0.254 e. The normalized spacial score (nSPS) is 20.1. The van der Waals surface area contributed by atoms with Gasteiger partial charge in [0.1, 0.15) is 5.00 Å². The Morgan fingerprint density at radius 3 is 2.88 bits per heavy atom. The average molecular weight is 344 g/mol.